The molecular weight excluding hydrogens is 253 g/mol. The van der Waals surface area contributed by atoms with Gasteiger partial charge in [-0.05, 0) is 56.1 Å². The van der Waals surface area contributed by atoms with Crippen LogP contribution in [0.5, 0.6) is 0 Å². The van der Waals surface area contributed by atoms with Crippen molar-refractivity contribution in [3.8, 4) is 0 Å². The van der Waals surface area contributed by atoms with Crippen LogP contribution in [0.1, 0.15) is 29.9 Å². The summed E-state index contributed by atoms with van der Waals surface area (Å²) in [4.78, 5) is 2.33. The zero-order valence-corrected chi connectivity index (χ0v) is 10.8. The molecule has 0 aromatic heterocycles. The van der Waals surface area contributed by atoms with E-state index in [1.807, 2.05) is 0 Å². The number of halogens is 3. The van der Waals surface area contributed by atoms with Crippen molar-refractivity contribution in [1.29, 1.82) is 0 Å². The normalized spacial score (nSPS) is 20.9. The highest BCUT2D eigenvalue weighted by molar-refractivity contribution is 5.28. The second kappa shape index (κ2) is 5.92. The fraction of sp³-hybridized carbons (Fsp3) is 0.571. The predicted octanol–water partition coefficient (Wildman–Crippen LogP) is 2.84. The topological polar surface area (TPSA) is 29.3 Å². The van der Waals surface area contributed by atoms with Crippen molar-refractivity contribution in [1.82, 2.24) is 4.90 Å². The number of likely N-dealkylation sites (tertiary alicyclic amines) is 1. The molecule has 0 saturated carbocycles. The molecule has 1 heterocycles. The summed E-state index contributed by atoms with van der Waals surface area (Å²) in [6.45, 7) is 3.59. The number of rotatable bonds is 4. The molecular formula is C14H19F3N2. The maximum atomic E-state index is 12.5. The molecule has 0 spiro atoms. The lowest BCUT2D eigenvalue weighted by Crippen LogP contribution is -2.23. The van der Waals surface area contributed by atoms with Crippen LogP contribution in [0.15, 0.2) is 24.3 Å². The predicted molar refractivity (Wildman–Crippen MR) is 68.9 cm³/mol. The Morgan fingerprint density at radius 1 is 1.21 bits per heavy atom. The van der Waals surface area contributed by atoms with Gasteiger partial charge in [-0.1, -0.05) is 12.1 Å². The zero-order chi connectivity index (χ0) is 13.9. The second-order valence-corrected chi connectivity index (χ2v) is 5.05. The Hall–Kier alpha value is -1.07. The Morgan fingerprint density at radius 2 is 1.89 bits per heavy atom. The van der Waals surface area contributed by atoms with E-state index >= 15 is 0 Å². The van der Waals surface area contributed by atoms with Crippen molar-refractivity contribution < 1.29 is 13.2 Å². The molecule has 1 saturated heterocycles. The quantitative estimate of drug-likeness (QED) is 0.913. The summed E-state index contributed by atoms with van der Waals surface area (Å²) in [6.07, 6.45) is -2.27. The third-order valence-corrected chi connectivity index (χ3v) is 3.66. The highest BCUT2D eigenvalue weighted by Gasteiger charge is 2.30. The van der Waals surface area contributed by atoms with Gasteiger partial charge in [0.05, 0.1) is 5.56 Å². The van der Waals surface area contributed by atoms with Crippen LogP contribution in [0.25, 0.3) is 0 Å². The van der Waals surface area contributed by atoms with Gasteiger partial charge < -0.3 is 10.6 Å². The average molecular weight is 272 g/mol. The number of nitrogens with two attached hydrogens (primary N) is 1. The Labute approximate surface area is 111 Å². The largest absolute Gasteiger partial charge is 0.416 e. The maximum Gasteiger partial charge on any atom is 0.416 e. The molecule has 19 heavy (non-hydrogen) atoms. The highest BCUT2D eigenvalue weighted by Crippen LogP contribution is 2.32. The van der Waals surface area contributed by atoms with Crippen LogP contribution in [0, 0.1) is 0 Å². The van der Waals surface area contributed by atoms with Crippen LogP contribution >= 0.6 is 0 Å². The van der Waals surface area contributed by atoms with E-state index < -0.39 is 11.7 Å². The summed E-state index contributed by atoms with van der Waals surface area (Å²) in [7, 11) is 0. The van der Waals surface area contributed by atoms with E-state index in [-0.39, 0.29) is 0 Å². The van der Waals surface area contributed by atoms with E-state index in [9.17, 15) is 13.2 Å². The van der Waals surface area contributed by atoms with Crippen molar-refractivity contribution in [2.75, 3.05) is 26.2 Å². The number of nitrogens with zero attached hydrogens (tertiary/aromatic N) is 1. The van der Waals surface area contributed by atoms with Crippen molar-refractivity contribution >= 4 is 0 Å². The van der Waals surface area contributed by atoms with E-state index in [2.05, 4.69) is 4.90 Å². The van der Waals surface area contributed by atoms with Gasteiger partial charge in [0.25, 0.3) is 0 Å². The zero-order valence-electron chi connectivity index (χ0n) is 10.8. The van der Waals surface area contributed by atoms with Gasteiger partial charge in [0.15, 0.2) is 0 Å². The lowest BCUT2D eigenvalue weighted by molar-refractivity contribution is -0.137. The molecule has 106 valence electrons. The third-order valence-electron chi connectivity index (χ3n) is 3.66. The molecule has 1 aromatic rings. The summed E-state index contributed by atoms with van der Waals surface area (Å²) in [5, 5.41) is 0. The van der Waals surface area contributed by atoms with Crippen molar-refractivity contribution in [2.45, 2.75) is 24.9 Å². The van der Waals surface area contributed by atoms with Crippen molar-refractivity contribution in [2.24, 2.45) is 5.73 Å². The van der Waals surface area contributed by atoms with Gasteiger partial charge in [-0.3, -0.25) is 0 Å². The van der Waals surface area contributed by atoms with Gasteiger partial charge in [0, 0.05) is 6.54 Å². The van der Waals surface area contributed by atoms with Crippen LogP contribution < -0.4 is 5.73 Å². The van der Waals surface area contributed by atoms with E-state index in [1.54, 1.807) is 12.1 Å². The van der Waals surface area contributed by atoms with Crippen LogP contribution in [0.3, 0.4) is 0 Å². The molecule has 1 aromatic carbocycles. The molecule has 1 unspecified atom stereocenters. The van der Waals surface area contributed by atoms with Gasteiger partial charge in [-0.2, -0.15) is 13.2 Å². The second-order valence-electron chi connectivity index (χ2n) is 5.05. The maximum absolute atomic E-state index is 12.5. The van der Waals surface area contributed by atoms with Gasteiger partial charge in [-0.15, -0.1) is 0 Å². The SMILES string of the molecule is NCCCN1CCC(c2ccc(C(F)(F)F)cc2)C1. The number of alkyl halides is 3. The van der Waals surface area contributed by atoms with E-state index in [1.165, 1.54) is 12.1 Å². The van der Waals surface area contributed by atoms with Crippen molar-refractivity contribution in [3.05, 3.63) is 35.4 Å². The Kier molecular flexibility index (Phi) is 4.47. The molecule has 1 fully saturated rings. The van der Waals surface area contributed by atoms with Crippen LogP contribution in [-0.4, -0.2) is 31.1 Å². The minimum atomic E-state index is -4.25. The highest BCUT2D eigenvalue weighted by atomic mass is 19.4. The average Bonchev–Trinajstić information content (AvgIpc) is 2.84. The van der Waals surface area contributed by atoms with Crippen molar-refractivity contribution in [3.63, 3.8) is 0 Å². The molecule has 2 N–H and O–H groups in total. The fourth-order valence-corrected chi connectivity index (χ4v) is 2.57. The minimum Gasteiger partial charge on any atom is -0.330 e. The first-order valence-corrected chi connectivity index (χ1v) is 6.60. The summed E-state index contributed by atoms with van der Waals surface area (Å²) in [5.41, 5.74) is 5.90. The molecule has 0 bridgehead atoms. The summed E-state index contributed by atoms with van der Waals surface area (Å²) < 4.78 is 37.4. The van der Waals surface area contributed by atoms with Crippen LogP contribution in [0.4, 0.5) is 13.2 Å². The summed E-state index contributed by atoms with van der Waals surface area (Å²) >= 11 is 0. The summed E-state index contributed by atoms with van der Waals surface area (Å²) in [5.74, 6) is 0.347. The van der Waals surface area contributed by atoms with Gasteiger partial charge >= 0.3 is 6.18 Å². The molecule has 0 amide bonds. The minimum absolute atomic E-state index is 0.347. The molecule has 1 aliphatic rings. The number of hydrogen-bond acceptors (Lipinski definition) is 2. The fourth-order valence-electron chi connectivity index (χ4n) is 2.57. The summed E-state index contributed by atoms with van der Waals surface area (Å²) in [6, 6.07) is 5.58. The van der Waals surface area contributed by atoms with Crippen LogP contribution in [-0.2, 0) is 6.18 Å². The Bertz CT molecular complexity index is 400. The first-order valence-electron chi connectivity index (χ1n) is 6.60. The molecule has 5 heteroatoms. The van der Waals surface area contributed by atoms with Gasteiger partial charge in [-0.25, -0.2) is 0 Å². The Morgan fingerprint density at radius 3 is 2.47 bits per heavy atom. The van der Waals surface area contributed by atoms with E-state index in [0.29, 0.717) is 12.5 Å². The molecule has 2 nitrogen and oxygen atoms in total. The van der Waals surface area contributed by atoms with E-state index in [4.69, 9.17) is 5.73 Å². The van der Waals surface area contributed by atoms with Gasteiger partial charge in [0.1, 0.15) is 0 Å². The first-order chi connectivity index (χ1) is 9.00. The Balaban J connectivity index is 1.96. The third kappa shape index (κ3) is 3.70. The molecule has 0 radical (unpaired) electrons. The monoisotopic (exact) mass is 272 g/mol. The standard InChI is InChI=1S/C14H19F3N2/c15-14(16,17)13-4-2-11(3-5-13)12-6-9-19(10-12)8-1-7-18/h2-5,12H,1,6-10,18H2. The lowest BCUT2D eigenvalue weighted by Gasteiger charge is -2.16. The first kappa shape index (κ1) is 14.3. The smallest absolute Gasteiger partial charge is 0.330 e. The van der Waals surface area contributed by atoms with E-state index in [0.717, 1.165) is 38.0 Å². The molecule has 2 rings (SSSR count). The number of benzene rings is 1. The van der Waals surface area contributed by atoms with Crippen LogP contribution in [0.2, 0.25) is 0 Å². The van der Waals surface area contributed by atoms with Gasteiger partial charge in [0.2, 0.25) is 0 Å². The lowest BCUT2D eigenvalue weighted by atomic mass is 9.97. The molecule has 1 aliphatic heterocycles. The molecule has 1 atom stereocenters. The number of hydrogen-bond donors (Lipinski definition) is 1. The molecule has 0 aliphatic carbocycles.